The molecule has 3 heteroatoms. The van der Waals surface area contributed by atoms with Gasteiger partial charge in [-0.15, -0.1) is 0 Å². The average molecular weight is 293 g/mol. The van der Waals surface area contributed by atoms with E-state index in [1.165, 1.54) is 37.7 Å². The maximum atomic E-state index is 8.89. The number of rotatable bonds is 8. The first-order valence-corrected chi connectivity index (χ1v) is 8.66. The largest absolute Gasteiger partial charge is 0.495 e. The molecule has 2 aliphatic rings. The van der Waals surface area contributed by atoms with Crippen LogP contribution in [0.4, 0.5) is 0 Å². The SMILES string of the molecule is CCC1CCC(CNCC2=C(OCCO)CCC=C2)CC1. The van der Waals surface area contributed by atoms with Crippen molar-refractivity contribution in [1.29, 1.82) is 0 Å². The molecule has 0 bridgehead atoms. The smallest absolute Gasteiger partial charge is 0.111 e. The number of ether oxygens (including phenoxy) is 1. The van der Waals surface area contributed by atoms with Crippen LogP contribution in [0.25, 0.3) is 0 Å². The van der Waals surface area contributed by atoms with Crippen molar-refractivity contribution < 1.29 is 9.84 Å². The van der Waals surface area contributed by atoms with Gasteiger partial charge in [0, 0.05) is 18.5 Å². The first kappa shape index (κ1) is 16.6. The quantitative estimate of drug-likeness (QED) is 0.720. The Bertz CT molecular complexity index is 354. The van der Waals surface area contributed by atoms with Crippen molar-refractivity contribution in [1.82, 2.24) is 5.32 Å². The minimum absolute atomic E-state index is 0.0919. The van der Waals surface area contributed by atoms with Gasteiger partial charge in [-0.25, -0.2) is 0 Å². The zero-order valence-electron chi connectivity index (χ0n) is 13.4. The summed E-state index contributed by atoms with van der Waals surface area (Å²) < 4.78 is 5.65. The van der Waals surface area contributed by atoms with E-state index in [-0.39, 0.29) is 6.61 Å². The molecule has 0 amide bonds. The third-order valence-corrected chi connectivity index (χ3v) is 4.87. The van der Waals surface area contributed by atoms with Crippen LogP contribution in [0.2, 0.25) is 0 Å². The third kappa shape index (κ3) is 5.48. The second-order valence-electron chi connectivity index (χ2n) is 6.39. The second-order valence-corrected chi connectivity index (χ2v) is 6.39. The lowest BCUT2D eigenvalue weighted by molar-refractivity contribution is 0.137. The van der Waals surface area contributed by atoms with Gasteiger partial charge in [-0.1, -0.05) is 38.3 Å². The molecule has 0 unspecified atom stereocenters. The van der Waals surface area contributed by atoms with Gasteiger partial charge in [0.15, 0.2) is 0 Å². The summed E-state index contributed by atoms with van der Waals surface area (Å²) in [5.74, 6) is 2.89. The summed E-state index contributed by atoms with van der Waals surface area (Å²) >= 11 is 0. The van der Waals surface area contributed by atoms with Crippen molar-refractivity contribution in [3.8, 4) is 0 Å². The fourth-order valence-electron chi connectivity index (χ4n) is 3.44. The number of allylic oxidation sites excluding steroid dienone is 2. The van der Waals surface area contributed by atoms with E-state index in [4.69, 9.17) is 9.84 Å². The standard InChI is InChI=1S/C18H31NO2/c1-2-15-7-9-16(10-8-15)13-19-14-17-5-3-4-6-18(17)21-12-11-20/h3,5,15-16,19-20H,2,4,6-14H2,1H3. The van der Waals surface area contributed by atoms with Crippen LogP contribution in [-0.2, 0) is 4.74 Å². The Morgan fingerprint density at radius 3 is 2.71 bits per heavy atom. The van der Waals surface area contributed by atoms with Crippen molar-refractivity contribution >= 4 is 0 Å². The van der Waals surface area contributed by atoms with E-state index in [0.717, 1.165) is 43.5 Å². The van der Waals surface area contributed by atoms with Crippen molar-refractivity contribution in [3.63, 3.8) is 0 Å². The molecule has 0 aromatic heterocycles. The van der Waals surface area contributed by atoms with Gasteiger partial charge in [-0.05, 0) is 37.6 Å². The topological polar surface area (TPSA) is 41.5 Å². The van der Waals surface area contributed by atoms with E-state index in [0.29, 0.717) is 6.61 Å². The van der Waals surface area contributed by atoms with Gasteiger partial charge in [-0.3, -0.25) is 0 Å². The van der Waals surface area contributed by atoms with Gasteiger partial charge in [-0.2, -0.15) is 0 Å². The van der Waals surface area contributed by atoms with Crippen molar-refractivity contribution in [3.05, 3.63) is 23.5 Å². The number of nitrogens with one attached hydrogen (secondary N) is 1. The zero-order valence-corrected chi connectivity index (χ0v) is 13.4. The molecule has 0 aromatic rings. The molecule has 120 valence electrons. The van der Waals surface area contributed by atoms with Gasteiger partial charge in [0.1, 0.15) is 12.4 Å². The molecule has 3 nitrogen and oxygen atoms in total. The van der Waals surface area contributed by atoms with Gasteiger partial charge >= 0.3 is 0 Å². The minimum Gasteiger partial charge on any atom is -0.495 e. The molecule has 2 N–H and O–H groups in total. The van der Waals surface area contributed by atoms with Crippen molar-refractivity contribution in [2.24, 2.45) is 11.8 Å². The number of aliphatic hydroxyl groups is 1. The van der Waals surface area contributed by atoms with E-state index in [1.54, 1.807) is 0 Å². The normalized spacial score (nSPS) is 26.2. The first-order chi connectivity index (χ1) is 10.3. The Labute approximate surface area is 129 Å². The number of hydrogen-bond donors (Lipinski definition) is 2. The van der Waals surface area contributed by atoms with Crippen LogP contribution < -0.4 is 5.32 Å². The molecular weight excluding hydrogens is 262 g/mol. The van der Waals surface area contributed by atoms with E-state index in [9.17, 15) is 0 Å². The molecule has 1 fully saturated rings. The Morgan fingerprint density at radius 2 is 2.00 bits per heavy atom. The minimum atomic E-state index is 0.0919. The number of hydrogen-bond acceptors (Lipinski definition) is 3. The predicted octanol–water partition coefficient (Wildman–Crippen LogP) is 3.41. The van der Waals surface area contributed by atoms with Gasteiger partial charge < -0.3 is 15.2 Å². The van der Waals surface area contributed by atoms with Crippen LogP contribution in [0.5, 0.6) is 0 Å². The highest BCUT2D eigenvalue weighted by Crippen LogP contribution is 2.30. The van der Waals surface area contributed by atoms with Crippen LogP contribution >= 0.6 is 0 Å². The molecule has 0 aromatic carbocycles. The van der Waals surface area contributed by atoms with E-state index < -0.39 is 0 Å². The average Bonchev–Trinajstić information content (AvgIpc) is 2.54. The predicted molar refractivity (Wildman–Crippen MR) is 87.0 cm³/mol. The second kappa shape index (κ2) is 9.26. The fraction of sp³-hybridized carbons (Fsp3) is 0.778. The molecule has 0 heterocycles. The molecule has 0 atom stereocenters. The lowest BCUT2D eigenvalue weighted by Gasteiger charge is -2.28. The van der Waals surface area contributed by atoms with E-state index >= 15 is 0 Å². The molecule has 0 spiro atoms. The summed E-state index contributed by atoms with van der Waals surface area (Å²) in [6.07, 6.45) is 13.4. The Hall–Kier alpha value is -0.800. The summed E-state index contributed by atoms with van der Waals surface area (Å²) in [6, 6.07) is 0. The van der Waals surface area contributed by atoms with Crippen LogP contribution in [-0.4, -0.2) is 31.4 Å². The van der Waals surface area contributed by atoms with Crippen LogP contribution in [0, 0.1) is 11.8 Å². The fourth-order valence-corrected chi connectivity index (χ4v) is 3.44. The highest BCUT2D eigenvalue weighted by Gasteiger charge is 2.19. The molecule has 2 aliphatic carbocycles. The lowest BCUT2D eigenvalue weighted by atomic mass is 9.81. The summed E-state index contributed by atoms with van der Waals surface area (Å²) in [5.41, 5.74) is 1.26. The monoisotopic (exact) mass is 293 g/mol. The van der Waals surface area contributed by atoms with E-state index in [2.05, 4.69) is 24.4 Å². The van der Waals surface area contributed by atoms with Crippen molar-refractivity contribution in [2.45, 2.75) is 51.9 Å². The third-order valence-electron chi connectivity index (χ3n) is 4.87. The maximum absolute atomic E-state index is 8.89. The zero-order chi connectivity index (χ0) is 14.9. The first-order valence-electron chi connectivity index (χ1n) is 8.66. The van der Waals surface area contributed by atoms with E-state index in [1.807, 2.05) is 0 Å². The van der Waals surface area contributed by atoms with Gasteiger partial charge in [0.2, 0.25) is 0 Å². The Morgan fingerprint density at radius 1 is 1.24 bits per heavy atom. The summed E-state index contributed by atoms with van der Waals surface area (Å²) in [4.78, 5) is 0. The molecular formula is C18H31NO2. The Balaban J connectivity index is 1.71. The maximum Gasteiger partial charge on any atom is 0.111 e. The lowest BCUT2D eigenvalue weighted by Crippen LogP contribution is -2.28. The molecule has 1 saturated carbocycles. The highest BCUT2D eigenvalue weighted by atomic mass is 16.5. The molecule has 0 saturated heterocycles. The van der Waals surface area contributed by atoms with Crippen LogP contribution in [0.15, 0.2) is 23.5 Å². The van der Waals surface area contributed by atoms with Crippen molar-refractivity contribution in [2.75, 3.05) is 26.3 Å². The van der Waals surface area contributed by atoms with Crippen LogP contribution in [0.1, 0.15) is 51.9 Å². The molecule has 0 radical (unpaired) electrons. The summed E-state index contributed by atoms with van der Waals surface area (Å²) in [6.45, 7) is 4.84. The van der Waals surface area contributed by atoms with Crippen LogP contribution in [0.3, 0.4) is 0 Å². The summed E-state index contributed by atoms with van der Waals surface area (Å²) in [7, 11) is 0. The molecule has 0 aliphatic heterocycles. The molecule has 2 rings (SSSR count). The number of aliphatic hydroxyl groups excluding tert-OH is 1. The highest BCUT2D eigenvalue weighted by molar-refractivity contribution is 5.27. The summed E-state index contributed by atoms with van der Waals surface area (Å²) in [5, 5.41) is 12.5. The van der Waals surface area contributed by atoms with Gasteiger partial charge in [0.05, 0.1) is 6.61 Å². The van der Waals surface area contributed by atoms with Gasteiger partial charge in [0.25, 0.3) is 0 Å². The molecule has 21 heavy (non-hydrogen) atoms. The Kier molecular flexibility index (Phi) is 7.31.